The molecule has 4 heteroatoms. The number of rotatable bonds is 6. The number of carbonyl (C=O) groups is 1. The lowest BCUT2D eigenvalue weighted by atomic mass is 9.66. The van der Waals surface area contributed by atoms with Gasteiger partial charge in [-0.15, -0.1) is 0 Å². The molecule has 1 amide bonds. The molecular formula is C19H31NO3. The summed E-state index contributed by atoms with van der Waals surface area (Å²) in [4.78, 5) is 14.5. The van der Waals surface area contributed by atoms with Gasteiger partial charge in [0, 0.05) is 38.6 Å². The normalized spacial score (nSPS) is 30.6. The Hall–Kier alpha value is -0.610. The van der Waals surface area contributed by atoms with E-state index in [0.717, 1.165) is 71.1 Å². The molecule has 0 aromatic carbocycles. The maximum absolute atomic E-state index is 12.3. The lowest BCUT2D eigenvalue weighted by Gasteiger charge is -2.49. The number of hydrogen-bond acceptors (Lipinski definition) is 3. The van der Waals surface area contributed by atoms with Crippen molar-refractivity contribution in [2.75, 3.05) is 39.5 Å². The zero-order valence-electron chi connectivity index (χ0n) is 14.3. The van der Waals surface area contributed by atoms with Gasteiger partial charge in [-0.1, -0.05) is 0 Å². The second kappa shape index (κ2) is 6.72. The third kappa shape index (κ3) is 3.90. The number of piperidine rings is 1. The highest BCUT2D eigenvalue weighted by Crippen LogP contribution is 2.45. The minimum Gasteiger partial charge on any atom is -0.381 e. The molecule has 2 aliphatic heterocycles. The Labute approximate surface area is 139 Å². The number of hydrogen-bond donors (Lipinski definition) is 0. The van der Waals surface area contributed by atoms with Gasteiger partial charge >= 0.3 is 0 Å². The van der Waals surface area contributed by atoms with Gasteiger partial charge in [0.15, 0.2) is 0 Å². The Balaban J connectivity index is 1.29. The van der Waals surface area contributed by atoms with Crippen LogP contribution in [0.4, 0.5) is 0 Å². The Kier molecular flexibility index (Phi) is 4.64. The molecule has 4 rings (SSSR count). The first-order valence-electron chi connectivity index (χ1n) is 9.68. The first-order valence-corrected chi connectivity index (χ1v) is 9.68. The fraction of sp³-hybridized carbons (Fsp3) is 0.947. The van der Waals surface area contributed by atoms with Crippen LogP contribution in [-0.4, -0.2) is 50.3 Å². The highest BCUT2D eigenvalue weighted by molar-refractivity contribution is 5.76. The summed E-state index contributed by atoms with van der Waals surface area (Å²) in [5.74, 6) is 2.45. The molecule has 2 saturated carbocycles. The summed E-state index contributed by atoms with van der Waals surface area (Å²) >= 11 is 0. The molecule has 2 aliphatic carbocycles. The monoisotopic (exact) mass is 321 g/mol. The van der Waals surface area contributed by atoms with E-state index in [9.17, 15) is 4.79 Å². The van der Waals surface area contributed by atoms with Gasteiger partial charge < -0.3 is 14.4 Å². The predicted octanol–water partition coefficient (Wildman–Crippen LogP) is 2.86. The molecule has 4 aliphatic rings. The number of nitrogens with zero attached hydrogens (tertiary/aromatic N) is 1. The van der Waals surface area contributed by atoms with Crippen LogP contribution in [0.15, 0.2) is 0 Å². The van der Waals surface area contributed by atoms with E-state index in [1.807, 2.05) is 0 Å². The lowest BCUT2D eigenvalue weighted by Crippen LogP contribution is -2.50. The summed E-state index contributed by atoms with van der Waals surface area (Å²) in [5.41, 5.74) is 0.359. The maximum Gasteiger partial charge on any atom is 0.222 e. The van der Waals surface area contributed by atoms with Crippen LogP contribution in [0.2, 0.25) is 0 Å². The van der Waals surface area contributed by atoms with E-state index in [1.54, 1.807) is 0 Å². The minimum absolute atomic E-state index is 0.359. The standard InChI is InChI=1S/C19H31NO3/c21-18(11-15-1-2-15)20-8-5-19(6-9-20)7-10-22-13-17(19)14-23-12-16-3-4-16/h15-17H,1-14H2/t17-/m1/s1. The van der Waals surface area contributed by atoms with E-state index < -0.39 is 0 Å². The Morgan fingerprint density at radius 1 is 1.04 bits per heavy atom. The second-order valence-electron chi connectivity index (χ2n) is 8.39. The minimum atomic E-state index is 0.359. The van der Waals surface area contributed by atoms with Gasteiger partial charge in [-0.25, -0.2) is 0 Å². The third-order valence-electron chi connectivity index (χ3n) is 6.57. The molecule has 4 fully saturated rings. The summed E-state index contributed by atoms with van der Waals surface area (Å²) < 4.78 is 11.8. The van der Waals surface area contributed by atoms with Crippen LogP contribution in [0.1, 0.15) is 51.4 Å². The first kappa shape index (κ1) is 15.9. The van der Waals surface area contributed by atoms with Gasteiger partial charge in [0.05, 0.1) is 13.2 Å². The van der Waals surface area contributed by atoms with Crippen molar-refractivity contribution in [1.29, 1.82) is 0 Å². The van der Waals surface area contributed by atoms with Gasteiger partial charge in [0.25, 0.3) is 0 Å². The van der Waals surface area contributed by atoms with E-state index in [1.165, 1.54) is 25.7 Å². The van der Waals surface area contributed by atoms with Gasteiger partial charge in [-0.2, -0.15) is 0 Å². The maximum atomic E-state index is 12.3. The van der Waals surface area contributed by atoms with E-state index in [-0.39, 0.29) is 0 Å². The summed E-state index contributed by atoms with van der Waals surface area (Å²) in [7, 11) is 0. The summed E-state index contributed by atoms with van der Waals surface area (Å²) in [5, 5.41) is 0. The van der Waals surface area contributed by atoms with Crippen LogP contribution in [0.3, 0.4) is 0 Å². The van der Waals surface area contributed by atoms with Crippen LogP contribution in [0, 0.1) is 23.2 Å². The zero-order chi connectivity index (χ0) is 15.7. The lowest BCUT2D eigenvalue weighted by molar-refractivity contribution is -0.139. The van der Waals surface area contributed by atoms with Crippen molar-refractivity contribution < 1.29 is 14.3 Å². The molecule has 1 atom stereocenters. The molecule has 4 nitrogen and oxygen atoms in total. The molecule has 0 N–H and O–H groups in total. The van der Waals surface area contributed by atoms with Crippen molar-refractivity contribution >= 4 is 5.91 Å². The topological polar surface area (TPSA) is 38.8 Å². The SMILES string of the molecule is O=C(CC1CC1)N1CCC2(CCOC[C@@H]2COCC2CC2)CC1. The Morgan fingerprint density at radius 3 is 2.48 bits per heavy atom. The number of amides is 1. The van der Waals surface area contributed by atoms with Crippen molar-refractivity contribution in [3.05, 3.63) is 0 Å². The summed E-state index contributed by atoms with van der Waals surface area (Å²) in [6, 6.07) is 0. The quantitative estimate of drug-likeness (QED) is 0.755. The number of likely N-dealkylation sites (tertiary alicyclic amines) is 1. The Bertz CT molecular complexity index is 422. The number of carbonyl (C=O) groups excluding carboxylic acids is 1. The fourth-order valence-corrected chi connectivity index (χ4v) is 4.33. The van der Waals surface area contributed by atoms with E-state index in [0.29, 0.717) is 23.2 Å². The van der Waals surface area contributed by atoms with Gasteiger partial charge in [-0.3, -0.25) is 4.79 Å². The molecule has 0 radical (unpaired) electrons. The molecular weight excluding hydrogens is 290 g/mol. The molecule has 0 aromatic heterocycles. The van der Waals surface area contributed by atoms with E-state index in [2.05, 4.69) is 4.90 Å². The molecule has 0 unspecified atom stereocenters. The largest absolute Gasteiger partial charge is 0.381 e. The van der Waals surface area contributed by atoms with E-state index >= 15 is 0 Å². The van der Waals surface area contributed by atoms with Crippen molar-refractivity contribution in [3.63, 3.8) is 0 Å². The van der Waals surface area contributed by atoms with Crippen molar-refractivity contribution in [1.82, 2.24) is 4.90 Å². The second-order valence-corrected chi connectivity index (χ2v) is 8.39. The van der Waals surface area contributed by atoms with Crippen LogP contribution < -0.4 is 0 Å². The predicted molar refractivity (Wildman–Crippen MR) is 88.1 cm³/mol. The molecule has 2 saturated heterocycles. The van der Waals surface area contributed by atoms with Crippen molar-refractivity contribution in [2.45, 2.75) is 51.4 Å². The Morgan fingerprint density at radius 2 is 1.78 bits per heavy atom. The van der Waals surface area contributed by atoms with Crippen LogP contribution in [0.5, 0.6) is 0 Å². The van der Waals surface area contributed by atoms with E-state index in [4.69, 9.17) is 9.47 Å². The third-order valence-corrected chi connectivity index (χ3v) is 6.57. The van der Waals surface area contributed by atoms with Gasteiger partial charge in [0.2, 0.25) is 5.91 Å². The first-order chi connectivity index (χ1) is 11.3. The average Bonchev–Trinajstić information content (AvgIpc) is 3.45. The molecule has 130 valence electrons. The summed E-state index contributed by atoms with van der Waals surface area (Å²) in [6.45, 7) is 5.43. The van der Waals surface area contributed by atoms with Crippen LogP contribution in [0.25, 0.3) is 0 Å². The molecule has 0 bridgehead atoms. The molecule has 2 heterocycles. The molecule has 0 aromatic rings. The van der Waals surface area contributed by atoms with Crippen molar-refractivity contribution in [3.8, 4) is 0 Å². The highest BCUT2D eigenvalue weighted by Gasteiger charge is 2.44. The van der Waals surface area contributed by atoms with Gasteiger partial charge in [-0.05, 0) is 62.2 Å². The fourth-order valence-electron chi connectivity index (χ4n) is 4.33. The molecule has 1 spiro atoms. The smallest absolute Gasteiger partial charge is 0.222 e. The van der Waals surface area contributed by atoms with Crippen molar-refractivity contribution in [2.24, 2.45) is 23.2 Å². The van der Waals surface area contributed by atoms with Crippen LogP contribution >= 0.6 is 0 Å². The number of ether oxygens (including phenoxy) is 2. The summed E-state index contributed by atoms with van der Waals surface area (Å²) in [6.07, 6.45) is 9.46. The average molecular weight is 321 g/mol. The van der Waals surface area contributed by atoms with Gasteiger partial charge in [0.1, 0.15) is 0 Å². The highest BCUT2D eigenvalue weighted by atomic mass is 16.5. The van der Waals surface area contributed by atoms with Crippen LogP contribution in [-0.2, 0) is 14.3 Å². The molecule has 23 heavy (non-hydrogen) atoms. The zero-order valence-corrected chi connectivity index (χ0v) is 14.3.